The lowest BCUT2D eigenvalue weighted by atomic mass is 9.99. The van der Waals surface area contributed by atoms with Gasteiger partial charge in [0.1, 0.15) is 24.4 Å². The summed E-state index contributed by atoms with van der Waals surface area (Å²) < 4.78 is 11.2. The number of carbonyl (C=O) groups excluding carboxylic acids is 1. The van der Waals surface area contributed by atoms with Crippen LogP contribution in [-0.2, 0) is 14.3 Å². The fraction of sp³-hybridized carbons (Fsp3) is 0.877. The molecular weight excluding hydrogens is 827 g/mol. The van der Waals surface area contributed by atoms with Gasteiger partial charge < -0.3 is 40.3 Å². The fourth-order valence-electron chi connectivity index (χ4n) is 8.95. The summed E-state index contributed by atoms with van der Waals surface area (Å²) in [6.45, 7) is 3.69. The zero-order chi connectivity index (χ0) is 48.0. The van der Waals surface area contributed by atoms with Gasteiger partial charge >= 0.3 is 0 Å². The molecule has 0 aromatic heterocycles. The van der Waals surface area contributed by atoms with Crippen molar-refractivity contribution in [3.8, 4) is 0 Å². The van der Waals surface area contributed by atoms with Crippen molar-refractivity contribution in [1.82, 2.24) is 5.32 Å². The van der Waals surface area contributed by atoms with Crippen LogP contribution in [0.15, 0.2) is 36.5 Å². The predicted molar refractivity (Wildman–Crippen MR) is 276 cm³/mol. The molecule has 0 aromatic rings. The Bertz CT molecular complexity index is 1130. The summed E-state index contributed by atoms with van der Waals surface area (Å²) in [5, 5.41) is 53.9. The maximum absolute atomic E-state index is 12.9. The molecule has 1 rings (SSSR count). The third-order valence-corrected chi connectivity index (χ3v) is 13.5. The molecule has 0 spiro atoms. The Hall–Kier alpha value is -1.59. The van der Waals surface area contributed by atoms with Gasteiger partial charge in [0.15, 0.2) is 6.29 Å². The number of hydrogen-bond acceptors (Lipinski definition) is 8. The number of carbonyl (C=O) groups is 1. The van der Waals surface area contributed by atoms with E-state index in [-0.39, 0.29) is 12.5 Å². The van der Waals surface area contributed by atoms with Crippen LogP contribution < -0.4 is 5.32 Å². The Labute approximate surface area is 406 Å². The van der Waals surface area contributed by atoms with Crippen LogP contribution >= 0.6 is 0 Å². The molecule has 66 heavy (non-hydrogen) atoms. The summed E-state index contributed by atoms with van der Waals surface area (Å²) >= 11 is 0. The smallest absolute Gasteiger partial charge is 0.220 e. The van der Waals surface area contributed by atoms with Crippen LogP contribution in [0, 0.1) is 0 Å². The Morgan fingerprint density at radius 2 is 0.894 bits per heavy atom. The largest absolute Gasteiger partial charge is 0.394 e. The van der Waals surface area contributed by atoms with Gasteiger partial charge in [0.2, 0.25) is 5.91 Å². The summed E-state index contributed by atoms with van der Waals surface area (Å²) in [7, 11) is 0. The molecule has 6 N–H and O–H groups in total. The average Bonchev–Trinajstić information content (AvgIpc) is 3.32. The van der Waals surface area contributed by atoms with Crippen molar-refractivity contribution in [3.63, 3.8) is 0 Å². The van der Waals surface area contributed by atoms with E-state index in [4.69, 9.17) is 9.47 Å². The highest BCUT2D eigenvalue weighted by atomic mass is 16.7. The van der Waals surface area contributed by atoms with E-state index in [9.17, 15) is 30.3 Å². The molecule has 1 aliphatic heterocycles. The topological polar surface area (TPSA) is 149 Å². The molecule has 0 bridgehead atoms. The monoisotopic (exact) mass is 934 g/mol. The third-order valence-electron chi connectivity index (χ3n) is 13.5. The van der Waals surface area contributed by atoms with Crippen molar-refractivity contribution < 1.29 is 39.8 Å². The van der Waals surface area contributed by atoms with Gasteiger partial charge in [-0.15, -0.1) is 0 Å². The van der Waals surface area contributed by atoms with E-state index >= 15 is 0 Å². The lowest BCUT2D eigenvalue weighted by Gasteiger charge is -2.40. The average molecular weight is 934 g/mol. The second kappa shape index (κ2) is 47.1. The van der Waals surface area contributed by atoms with E-state index in [0.29, 0.717) is 6.42 Å². The second-order valence-corrected chi connectivity index (χ2v) is 19.7. The van der Waals surface area contributed by atoms with E-state index in [1.165, 1.54) is 193 Å². The van der Waals surface area contributed by atoms with Crippen LogP contribution in [0.25, 0.3) is 0 Å². The van der Waals surface area contributed by atoms with E-state index in [0.717, 1.165) is 51.4 Å². The summed E-state index contributed by atoms with van der Waals surface area (Å²) in [6.07, 6.45) is 54.3. The minimum absolute atomic E-state index is 0.179. The minimum atomic E-state index is -1.56. The fourth-order valence-corrected chi connectivity index (χ4v) is 8.95. The van der Waals surface area contributed by atoms with Gasteiger partial charge in [0, 0.05) is 6.42 Å². The number of ether oxygens (including phenoxy) is 2. The number of aliphatic hydroxyl groups is 5. The molecule has 0 aliphatic carbocycles. The van der Waals surface area contributed by atoms with Gasteiger partial charge in [0.05, 0.1) is 25.4 Å². The van der Waals surface area contributed by atoms with E-state index < -0.39 is 49.5 Å². The first-order valence-corrected chi connectivity index (χ1v) is 28.2. The highest BCUT2D eigenvalue weighted by Crippen LogP contribution is 2.23. The molecule has 9 nitrogen and oxygen atoms in total. The van der Waals surface area contributed by atoms with E-state index in [1.807, 2.05) is 6.08 Å². The molecule has 1 fully saturated rings. The van der Waals surface area contributed by atoms with Crippen LogP contribution in [0.5, 0.6) is 0 Å². The maximum Gasteiger partial charge on any atom is 0.220 e. The number of amides is 1. The molecule has 0 saturated carbocycles. The van der Waals surface area contributed by atoms with Crippen molar-refractivity contribution >= 4 is 5.91 Å². The standard InChI is InChI=1S/C57H107NO8/c1-3-5-7-9-11-12-13-14-15-16-17-18-19-20-21-22-23-24-25-26-27-28-29-30-31-32-33-34-35-36-37-38-39-40-41-43-45-47-53(61)58-50(51(60)46-44-42-10-8-6-4-2)49-65-57-56(64)55(63)54(62)52(48-59)66-57/h13-14,16-17,44,46,50-52,54-57,59-60,62-64H,3-12,15,18-43,45,47-49H2,1-2H3,(H,58,61)/b14-13-,17-16-,46-44+. The molecule has 9 heteroatoms. The predicted octanol–water partition coefficient (Wildman–Crippen LogP) is 13.6. The van der Waals surface area contributed by atoms with Crippen LogP contribution in [0.3, 0.4) is 0 Å². The summed E-state index contributed by atoms with van der Waals surface area (Å²) in [6, 6.07) is -0.799. The lowest BCUT2D eigenvalue weighted by Crippen LogP contribution is -2.60. The number of hydrogen-bond donors (Lipinski definition) is 6. The first kappa shape index (κ1) is 62.4. The summed E-state index contributed by atoms with van der Waals surface area (Å²) in [4.78, 5) is 12.9. The highest BCUT2D eigenvalue weighted by molar-refractivity contribution is 5.76. The first-order valence-electron chi connectivity index (χ1n) is 28.2. The number of rotatable bonds is 48. The second-order valence-electron chi connectivity index (χ2n) is 19.7. The number of unbranched alkanes of at least 4 members (excludes halogenated alkanes) is 34. The Kier molecular flexibility index (Phi) is 44.6. The SMILES string of the molecule is CCCCCC/C=C/C(O)C(COC1OC(CO)C(O)C(O)C1O)NC(=O)CCCCCCCCCCCCCCCCCCCCCCCCCCC/C=C\C/C=C\CCCCCCC. The summed E-state index contributed by atoms with van der Waals surface area (Å²) in [5.74, 6) is -0.179. The first-order chi connectivity index (χ1) is 32.3. The third kappa shape index (κ3) is 36.4. The molecule has 7 atom stereocenters. The van der Waals surface area contributed by atoms with Gasteiger partial charge in [-0.2, -0.15) is 0 Å². The quantitative estimate of drug-likeness (QED) is 0.0261. The molecule has 1 aliphatic rings. The maximum atomic E-state index is 12.9. The molecule has 7 unspecified atom stereocenters. The number of allylic oxidation sites excluding steroid dienone is 5. The van der Waals surface area contributed by atoms with Gasteiger partial charge in [-0.1, -0.05) is 243 Å². The van der Waals surface area contributed by atoms with Crippen LogP contribution in [-0.4, -0.2) is 87.5 Å². The number of nitrogens with one attached hydrogen (secondary N) is 1. The Morgan fingerprint density at radius 3 is 1.32 bits per heavy atom. The van der Waals surface area contributed by atoms with E-state index in [1.54, 1.807) is 6.08 Å². The van der Waals surface area contributed by atoms with Crippen molar-refractivity contribution in [2.24, 2.45) is 0 Å². The zero-order valence-electron chi connectivity index (χ0n) is 43.0. The van der Waals surface area contributed by atoms with Gasteiger partial charge in [0.25, 0.3) is 0 Å². The van der Waals surface area contributed by atoms with Crippen LogP contribution in [0.2, 0.25) is 0 Å². The number of aliphatic hydroxyl groups excluding tert-OH is 5. The molecule has 0 radical (unpaired) electrons. The molecular formula is C57H107NO8. The Balaban J connectivity index is 1.96. The summed E-state index contributed by atoms with van der Waals surface area (Å²) in [5.41, 5.74) is 0. The molecule has 0 aromatic carbocycles. The van der Waals surface area contributed by atoms with Crippen LogP contribution in [0.1, 0.15) is 264 Å². The van der Waals surface area contributed by atoms with Gasteiger partial charge in [-0.05, 0) is 51.4 Å². The van der Waals surface area contributed by atoms with Crippen molar-refractivity contribution in [1.29, 1.82) is 0 Å². The normalized spacial score (nSPS) is 20.0. The van der Waals surface area contributed by atoms with Gasteiger partial charge in [-0.3, -0.25) is 4.79 Å². The highest BCUT2D eigenvalue weighted by Gasteiger charge is 2.44. The zero-order valence-corrected chi connectivity index (χ0v) is 43.0. The Morgan fingerprint density at radius 1 is 0.515 bits per heavy atom. The molecule has 388 valence electrons. The van der Waals surface area contributed by atoms with Crippen LogP contribution in [0.4, 0.5) is 0 Å². The van der Waals surface area contributed by atoms with Crippen molar-refractivity contribution in [2.45, 2.75) is 307 Å². The molecule has 1 saturated heterocycles. The minimum Gasteiger partial charge on any atom is -0.394 e. The lowest BCUT2D eigenvalue weighted by molar-refractivity contribution is -0.302. The van der Waals surface area contributed by atoms with Gasteiger partial charge in [-0.25, -0.2) is 0 Å². The molecule has 1 amide bonds. The molecule has 1 heterocycles. The van der Waals surface area contributed by atoms with Crippen molar-refractivity contribution in [3.05, 3.63) is 36.5 Å². The van der Waals surface area contributed by atoms with Crippen molar-refractivity contribution in [2.75, 3.05) is 13.2 Å². The van der Waals surface area contributed by atoms with E-state index in [2.05, 4.69) is 43.5 Å².